The maximum Gasteiger partial charge on any atom is 0.0884 e. The summed E-state index contributed by atoms with van der Waals surface area (Å²) in [5.74, 6) is 0.551. The Kier molecular flexibility index (Phi) is 3.97. The Bertz CT molecular complexity index is 568. The monoisotopic (exact) mass is 289 g/mol. The molecule has 0 saturated heterocycles. The third kappa shape index (κ3) is 2.98. The fourth-order valence-corrected chi connectivity index (χ4v) is 3.13. The number of aromatic nitrogens is 2. The van der Waals surface area contributed by atoms with Crippen LogP contribution in [0.3, 0.4) is 0 Å². The first-order valence-corrected chi connectivity index (χ1v) is 7.67. The second kappa shape index (κ2) is 5.88. The zero-order valence-corrected chi connectivity index (χ0v) is 12.3. The van der Waals surface area contributed by atoms with Gasteiger partial charge in [-0.3, -0.25) is 4.68 Å². The summed E-state index contributed by atoms with van der Waals surface area (Å²) in [6.07, 6.45) is 8.35. The van der Waals surface area contributed by atoms with Crippen molar-refractivity contribution in [2.24, 2.45) is 0 Å². The number of benzene rings is 1. The molecule has 0 bridgehead atoms. The molecule has 1 aromatic carbocycles. The number of rotatable bonds is 3. The molecule has 1 fully saturated rings. The Labute approximate surface area is 124 Å². The van der Waals surface area contributed by atoms with Crippen molar-refractivity contribution >= 4 is 17.3 Å². The Balaban J connectivity index is 1.76. The van der Waals surface area contributed by atoms with Gasteiger partial charge in [0.15, 0.2) is 0 Å². The van der Waals surface area contributed by atoms with Crippen molar-refractivity contribution in [3.05, 3.63) is 46.7 Å². The van der Waals surface area contributed by atoms with E-state index in [2.05, 4.69) is 0 Å². The van der Waals surface area contributed by atoms with Crippen LogP contribution in [0.1, 0.15) is 49.3 Å². The van der Waals surface area contributed by atoms with Crippen LogP contribution in [0.2, 0.25) is 5.02 Å². The van der Waals surface area contributed by atoms with Gasteiger partial charge in [0.05, 0.1) is 17.9 Å². The summed E-state index contributed by atoms with van der Waals surface area (Å²) < 4.78 is 1.95. The van der Waals surface area contributed by atoms with Gasteiger partial charge >= 0.3 is 0 Å². The van der Waals surface area contributed by atoms with Crippen LogP contribution in [0.15, 0.2) is 30.5 Å². The summed E-state index contributed by atoms with van der Waals surface area (Å²) in [6, 6.07) is 7.87. The third-order valence-electron chi connectivity index (χ3n) is 4.07. The Morgan fingerprint density at radius 2 is 1.85 bits per heavy atom. The fourth-order valence-electron chi connectivity index (χ4n) is 3.00. The van der Waals surface area contributed by atoms with E-state index in [9.17, 15) is 0 Å². The van der Waals surface area contributed by atoms with Gasteiger partial charge in [-0.1, -0.05) is 43.0 Å². The highest BCUT2D eigenvalue weighted by Crippen LogP contribution is 2.34. The summed E-state index contributed by atoms with van der Waals surface area (Å²) in [5, 5.41) is 5.47. The predicted octanol–water partition coefficient (Wildman–Crippen LogP) is 4.21. The van der Waals surface area contributed by atoms with E-state index in [1.54, 1.807) is 0 Å². The van der Waals surface area contributed by atoms with E-state index in [1.165, 1.54) is 37.7 Å². The SMILES string of the molecule is Nc1cn(Cc2ccc(Cl)cc2)nc1C1CCCCC1. The Morgan fingerprint density at radius 1 is 1.15 bits per heavy atom. The first-order chi connectivity index (χ1) is 9.72. The summed E-state index contributed by atoms with van der Waals surface area (Å²) in [4.78, 5) is 0. The third-order valence-corrected chi connectivity index (χ3v) is 4.32. The van der Waals surface area contributed by atoms with E-state index in [0.717, 1.165) is 22.9 Å². The summed E-state index contributed by atoms with van der Waals surface area (Å²) in [5.41, 5.74) is 9.27. The van der Waals surface area contributed by atoms with Gasteiger partial charge in [0, 0.05) is 17.1 Å². The molecular weight excluding hydrogens is 270 g/mol. The quantitative estimate of drug-likeness (QED) is 0.919. The maximum absolute atomic E-state index is 6.15. The lowest BCUT2D eigenvalue weighted by Gasteiger charge is -2.20. The molecule has 1 heterocycles. The lowest BCUT2D eigenvalue weighted by atomic mass is 9.86. The summed E-state index contributed by atoms with van der Waals surface area (Å²) >= 11 is 5.90. The molecule has 2 N–H and O–H groups in total. The lowest BCUT2D eigenvalue weighted by Crippen LogP contribution is -2.08. The zero-order valence-electron chi connectivity index (χ0n) is 11.6. The minimum absolute atomic E-state index is 0.551. The molecule has 106 valence electrons. The molecule has 0 atom stereocenters. The first-order valence-electron chi connectivity index (χ1n) is 7.29. The number of nitrogens with two attached hydrogens (primary N) is 1. The van der Waals surface area contributed by atoms with Crippen LogP contribution in [0.5, 0.6) is 0 Å². The predicted molar refractivity (Wildman–Crippen MR) is 83.0 cm³/mol. The minimum Gasteiger partial charge on any atom is -0.396 e. The topological polar surface area (TPSA) is 43.8 Å². The van der Waals surface area contributed by atoms with Gasteiger partial charge in [-0.2, -0.15) is 5.10 Å². The van der Waals surface area contributed by atoms with Crippen LogP contribution in [-0.4, -0.2) is 9.78 Å². The highest BCUT2D eigenvalue weighted by molar-refractivity contribution is 6.30. The molecule has 0 amide bonds. The van der Waals surface area contributed by atoms with Crippen LogP contribution >= 0.6 is 11.6 Å². The van der Waals surface area contributed by atoms with Crippen molar-refractivity contribution in [3.63, 3.8) is 0 Å². The van der Waals surface area contributed by atoms with Crippen LogP contribution in [0, 0.1) is 0 Å². The van der Waals surface area contributed by atoms with Crippen LogP contribution in [0.25, 0.3) is 0 Å². The number of anilines is 1. The van der Waals surface area contributed by atoms with Crippen LogP contribution < -0.4 is 5.73 Å². The first kappa shape index (κ1) is 13.5. The van der Waals surface area contributed by atoms with E-state index >= 15 is 0 Å². The van der Waals surface area contributed by atoms with E-state index in [-0.39, 0.29) is 0 Å². The number of halogens is 1. The van der Waals surface area contributed by atoms with Gasteiger partial charge in [-0.15, -0.1) is 0 Å². The van der Waals surface area contributed by atoms with Gasteiger partial charge in [0.2, 0.25) is 0 Å². The van der Waals surface area contributed by atoms with E-state index < -0.39 is 0 Å². The summed E-state index contributed by atoms with van der Waals surface area (Å²) in [7, 11) is 0. The number of hydrogen-bond donors (Lipinski definition) is 1. The molecule has 0 radical (unpaired) electrons. The van der Waals surface area contributed by atoms with E-state index in [1.807, 2.05) is 35.1 Å². The Morgan fingerprint density at radius 3 is 2.55 bits per heavy atom. The molecule has 0 unspecified atom stereocenters. The van der Waals surface area contributed by atoms with Crippen molar-refractivity contribution in [1.29, 1.82) is 0 Å². The molecule has 20 heavy (non-hydrogen) atoms. The van der Waals surface area contributed by atoms with Gasteiger partial charge in [-0.25, -0.2) is 0 Å². The van der Waals surface area contributed by atoms with Crippen LogP contribution in [-0.2, 0) is 6.54 Å². The second-order valence-corrected chi connectivity index (χ2v) is 6.07. The molecule has 3 rings (SSSR count). The highest BCUT2D eigenvalue weighted by atomic mass is 35.5. The van der Waals surface area contributed by atoms with Crippen molar-refractivity contribution in [2.75, 3.05) is 5.73 Å². The van der Waals surface area contributed by atoms with Crippen molar-refractivity contribution in [1.82, 2.24) is 9.78 Å². The van der Waals surface area contributed by atoms with Gasteiger partial charge < -0.3 is 5.73 Å². The highest BCUT2D eigenvalue weighted by Gasteiger charge is 2.20. The molecule has 3 nitrogen and oxygen atoms in total. The standard InChI is InChI=1S/C16H20ClN3/c17-14-8-6-12(7-9-14)10-20-11-15(18)16(19-20)13-4-2-1-3-5-13/h6-9,11,13H,1-5,10,18H2. The number of nitrogen functional groups attached to an aromatic ring is 1. The molecule has 0 spiro atoms. The minimum atomic E-state index is 0.551. The fraction of sp³-hybridized carbons (Fsp3) is 0.438. The Hall–Kier alpha value is -1.48. The number of nitrogens with zero attached hydrogens (tertiary/aromatic N) is 2. The second-order valence-electron chi connectivity index (χ2n) is 5.63. The molecule has 2 aromatic rings. The lowest BCUT2D eigenvalue weighted by molar-refractivity contribution is 0.433. The normalized spacial score (nSPS) is 16.4. The van der Waals surface area contributed by atoms with Crippen LogP contribution in [0.4, 0.5) is 5.69 Å². The smallest absolute Gasteiger partial charge is 0.0884 e. The average Bonchev–Trinajstić information content (AvgIpc) is 2.83. The average molecular weight is 290 g/mol. The summed E-state index contributed by atoms with van der Waals surface area (Å²) in [6.45, 7) is 0.744. The molecular formula is C16H20ClN3. The zero-order chi connectivity index (χ0) is 13.9. The van der Waals surface area contributed by atoms with Gasteiger partial charge in [-0.05, 0) is 30.5 Å². The molecule has 1 aromatic heterocycles. The molecule has 1 aliphatic rings. The number of hydrogen-bond acceptors (Lipinski definition) is 2. The van der Waals surface area contributed by atoms with Crippen molar-refractivity contribution < 1.29 is 0 Å². The van der Waals surface area contributed by atoms with Gasteiger partial charge in [0.1, 0.15) is 0 Å². The largest absolute Gasteiger partial charge is 0.396 e. The van der Waals surface area contributed by atoms with Crippen molar-refractivity contribution in [3.8, 4) is 0 Å². The van der Waals surface area contributed by atoms with E-state index in [4.69, 9.17) is 22.4 Å². The molecule has 4 heteroatoms. The molecule has 1 saturated carbocycles. The molecule has 0 aliphatic heterocycles. The molecule has 1 aliphatic carbocycles. The maximum atomic E-state index is 6.15. The van der Waals surface area contributed by atoms with Gasteiger partial charge in [0.25, 0.3) is 0 Å². The van der Waals surface area contributed by atoms with Crippen molar-refractivity contribution in [2.45, 2.75) is 44.6 Å². The van der Waals surface area contributed by atoms with E-state index in [0.29, 0.717) is 5.92 Å².